The van der Waals surface area contributed by atoms with Crippen molar-refractivity contribution < 1.29 is 14.3 Å². The van der Waals surface area contributed by atoms with Gasteiger partial charge in [0.25, 0.3) is 0 Å². The first-order valence-corrected chi connectivity index (χ1v) is 7.30. The van der Waals surface area contributed by atoms with Crippen LogP contribution in [0.15, 0.2) is 18.2 Å². The predicted octanol–water partition coefficient (Wildman–Crippen LogP) is 1.88. The number of hydrogen-bond acceptors (Lipinski definition) is 4. The monoisotopic (exact) mass is 310 g/mol. The summed E-state index contributed by atoms with van der Waals surface area (Å²) < 4.78 is 5.42. The topological polar surface area (TPSA) is 58.6 Å². The van der Waals surface area contributed by atoms with E-state index in [4.69, 9.17) is 16.3 Å². The number of morpholine rings is 1. The van der Waals surface area contributed by atoms with Crippen LogP contribution in [0.25, 0.3) is 0 Å². The molecule has 6 heteroatoms. The number of nitrogens with one attached hydrogen (secondary N) is 1. The fourth-order valence-electron chi connectivity index (χ4n) is 2.36. The van der Waals surface area contributed by atoms with Crippen LogP contribution in [0.4, 0.5) is 5.69 Å². The molecule has 1 amide bonds. The molecule has 0 bridgehead atoms. The Hall–Kier alpha value is -1.59. The zero-order valence-electron chi connectivity index (χ0n) is 12.1. The van der Waals surface area contributed by atoms with Crippen LogP contribution in [0.3, 0.4) is 0 Å². The van der Waals surface area contributed by atoms with Gasteiger partial charge in [-0.25, -0.2) is 0 Å². The van der Waals surface area contributed by atoms with Crippen molar-refractivity contribution in [3.05, 3.63) is 28.8 Å². The first-order valence-electron chi connectivity index (χ1n) is 6.92. The van der Waals surface area contributed by atoms with Crippen LogP contribution in [0.1, 0.15) is 24.2 Å². The number of halogens is 1. The quantitative estimate of drug-likeness (QED) is 0.863. The van der Waals surface area contributed by atoms with E-state index in [1.807, 2.05) is 18.7 Å². The first-order chi connectivity index (χ1) is 10.0. The minimum Gasteiger partial charge on any atom is -0.377 e. The van der Waals surface area contributed by atoms with Crippen molar-refractivity contribution in [3.63, 3.8) is 0 Å². The van der Waals surface area contributed by atoms with Crippen LogP contribution in [0, 0.1) is 0 Å². The largest absolute Gasteiger partial charge is 0.377 e. The molecule has 1 N–H and O–H groups in total. The summed E-state index contributed by atoms with van der Waals surface area (Å²) in [6.07, 6.45) is 0.776. The molecule has 0 aliphatic carbocycles. The van der Waals surface area contributed by atoms with E-state index in [1.165, 1.54) is 0 Å². The normalized spacial score (nSPS) is 18.7. The van der Waals surface area contributed by atoms with Gasteiger partial charge < -0.3 is 15.0 Å². The van der Waals surface area contributed by atoms with Gasteiger partial charge in [-0.15, -0.1) is 0 Å². The lowest BCUT2D eigenvalue weighted by atomic mass is 10.1. The van der Waals surface area contributed by atoms with E-state index in [0.717, 1.165) is 6.29 Å². The Morgan fingerprint density at radius 3 is 2.95 bits per heavy atom. The van der Waals surface area contributed by atoms with E-state index >= 15 is 0 Å². The van der Waals surface area contributed by atoms with Crippen molar-refractivity contribution in [2.45, 2.75) is 25.9 Å². The Bertz CT molecular complexity index is 534. The molecule has 1 atom stereocenters. The van der Waals surface area contributed by atoms with Crippen LogP contribution in [0.5, 0.6) is 0 Å². The van der Waals surface area contributed by atoms with Crippen molar-refractivity contribution >= 4 is 29.5 Å². The summed E-state index contributed by atoms with van der Waals surface area (Å²) >= 11 is 6.03. The fraction of sp³-hybridized carbons (Fsp3) is 0.467. The van der Waals surface area contributed by atoms with Crippen LogP contribution in [0.2, 0.25) is 5.02 Å². The van der Waals surface area contributed by atoms with Gasteiger partial charge in [-0.3, -0.25) is 9.59 Å². The molecule has 21 heavy (non-hydrogen) atoms. The average molecular weight is 311 g/mol. The lowest BCUT2D eigenvalue weighted by Crippen LogP contribution is -2.55. The summed E-state index contributed by atoms with van der Waals surface area (Å²) in [4.78, 5) is 25.4. The van der Waals surface area contributed by atoms with Gasteiger partial charge in [0.05, 0.1) is 13.2 Å². The maximum atomic E-state index is 12.3. The summed E-state index contributed by atoms with van der Waals surface area (Å²) in [5.41, 5.74) is 1.19. The van der Waals surface area contributed by atoms with Crippen LogP contribution >= 0.6 is 11.6 Å². The number of rotatable bonds is 4. The molecular weight excluding hydrogens is 292 g/mol. The third-order valence-electron chi connectivity index (χ3n) is 3.29. The molecule has 0 saturated carbocycles. The molecule has 0 spiro atoms. The zero-order valence-corrected chi connectivity index (χ0v) is 12.9. The van der Waals surface area contributed by atoms with Gasteiger partial charge in [-0.1, -0.05) is 11.6 Å². The number of hydrogen-bond donors (Lipinski definition) is 1. The maximum absolute atomic E-state index is 12.3. The van der Waals surface area contributed by atoms with Crippen LogP contribution in [-0.4, -0.2) is 44.0 Å². The highest BCUT2D eigenvalue weighted by molar-refractivity contribution is 6.31. The molecule has 114 valence electrons. The molecule has 1 saturated heterocycles. The molecule has 0 radical (unpaired) electrons. The SMILES string of the molecule is CC(C)NC(=O)C1COCCN1c1cc(Cl)ccc1C=O. The molecule has 1 aromatic carbocycles. The highest BCUT2D eigenvalue weighted by Gasteiger charge is 2.31. The van der Waals surface area contributed by atoms with Gasteiger partial charge in [0, 0.05) is 28.9 Å². The van der Waals surface area contributed by atoms with Crippen LogP contribution in [-0.2, 0) is 9.53 Å². The third-order valence-corrected chi connectivity index (χ3v) is 3.53. The molecule has 1 fully saturated rings. The molecule has 1 aliphatic rings. The Balaban J connectivity index is 2.32. The lowest BCUT2D eigenvalue weighted by Gasteiger charge is -2.37. The Labute approximate surface area is 129 Å². The highest BCUT2D eigenvalue weighted by atomic mass is 35.5. The standard InChI is InChI=1S/C15H19ClN2O3/c1-10(2)17-15(20)14-9-21-6-5-18(14)13-7-12(16)4-3-11(13)8-19/h3-4,7-8,10,14H,5-6,9H2,1-2H3,(H,17,20). The van der Waals surface area contributed by atoms with E-state index in [1.54, 1.807) is 18.2 Å². The minimum absolute atomic E-state index is 0.0474. The minimum atomic E-state index is -0.460. The lowest BCUT2D eigenvalue weighted by molar-refractivity contribution is -0.125. The van der Waals surface area contributed by atoms with E-state index in [2.05, 4.69) is 5.32 Å². The van der Waals surface area contributed by atoms with Crippen molar-refractivity contribution in [1.82, 2.24) is 5.32 Å². The van der Waals surface area contributed by atoms with Gasteiger partial charge >= 0.3 is 0 Å². The highest BCUT2D eigenvalue weighted by Crippen LogP contribution is 2.27. The molecule has 1 unspecified atom stereocenters. The number of aldehydes is 1. The second kappa shape index (κ2) is 6.91. The molecule has 1 aromatic rings. The van der Waals surface area contributed by atoms with Crippen LogP contribution < -0.4 is 10.2 Å². The number of carbonyl (C=O) groups excluding carboxylic acids is 2. The Morgan fingerprint density at radius 2 is 2.29 bits per heavy atom. The van der Waals surface area contributed by atoms with Gasteiger partial charge in [-0.05, 0) is 32.0 Å². The van der Waals surface area contributed by atoms with E-state index in [9.17, 15) is 9.59 Å². The fourth-order valence-corrected chi connectivity index (χ4v) is 2.52. The second-order valence-corrected chi connectivity index (χ2v) is 5.70. The molecular formula is C15H19ClN2O3. The van der Waals surface area contributed by atoms with Crippen molar-refractivity contribution in [3.8, 4) is 0 Å². The van der Waals surface area contributed by atoms with E-state index in [0.29, 0.717) is 36.0 Å². The number of benzene rings is 1. The smallest absolute Gasteiger partial charge is 0.245 e. The molecule has 1 heterocycles. The summed E-state index contributed by atoms with van der Waals surface area (Å²) in [6.45, 7) is 5.15. The summed E-state index contributed by atoms with van der Waals surface area (Å²) in [6, 6.07) is 4.63. The number of ether oxygens (including phenoxy) is 1. The van der Waals surface area contributed by atoms with Gasteiger partial charge in [0.1, 0.15) is 6.04 Å². The van der Waals surface area contributed by atoms with Gasteiger partial charge in [0.15, 0.2) is 6.29 Å². The zero-order chi connectivity index (χ0) is 15.4. The second-order valence-electron chi connectivity index (χ2n) is 5.27. The van der Waals surface area contributed by atoms with Gasteiger partial charge in [0.2, 0.25) is 5.91 Å². The Morgan fingerprint density at radius 1 is 1.52 bits per heavy atom. The molecule has 0 aromatic heterocycles. The molecule has 2 rings (SSSR count). The first kappa shape index (κ1) is 15.8. The van der Waals surface area contributed by atoms with Crippen molar-refractivity contribution in [2.24, 2.45) is 0 Å². The third kappa shape index (κ3) is 3.74. The Kier molecular flexibility index (Phi) is 5.20. The number of amides is 1. The molecule has 5 nitrogen and oxygen atoms in total. The van der Waals surface area contributed by atoms with E-state index in [-0.39, 0.29) is 11.9 Å². The number of anilines is 1. The van der Waals surface area contributed by atoms with E-state index < -0.39 is 6.04 Å². The predicted molar refractivity (Wildman–Crippen MR) is 82.1 cm³/mol. The average Bonchev–Trinajstić information content (AvgIpc) is 2.46. The summed E-state index contributed by atoms with van der Waals surface area (Å²) in [5.74, 6) is -0.110. The summed E-state index contributed by atoms with van der Waals surface area (Å²) in [5, 5.41) is 3.41. The van der Waals surface area contributed by atoms with Gasteiger partial charge in [-0.2, -0.15) is 0 Å². The van der Waals surface area contributed by atoms with Crippen molar-refractivity contribution in [2.75, 3.05) is 24.7 Å². The molecule has 1 aliphatic heterocycles. The summed E-state index contributed by atoms with van der Waals surface area (Å²) in [7, 11) is 0. The number of carbonyl (C=O) groups is 2. The number of nitrogens with zero attached hydrogens (tertiary/aromatic N) is 1. The van der Waals surface area contributed by atoms with Crippen molar-refractivity contribution in [1.29, 1.82) is 0 Å². The maximum Gasteiger partial charge on any atom is 0.245 e.